The second-order valence-electron chi connectivity index (χ2n) is 6.35. The van der Waals surface area contributed by atoms with Crippen LogP contribution in [-0.4, -0.2) is 26.3 Å². The van der Waals surface area contributed by atoms with E-state index in [1.807, 2.05) is 44.2 Å². The summed E-state index contributed by atoms with van der Waals surface area (Å²) in [5, 5.41) is 0. The van der Waals surface area contributed by atoms with E-state index in [1.54, 1.807) is 32.4 Å². The first-order valence-corrected chi connectivity index (χ1v) is 9.01. The monoisotopic (exact) mass is 376 g/mol. The van der Waals surface area contributed by atoms with Crippen LogP contribution < -0.4 is 9.47 Å². The smallest absolute Gasteiger partial charge is 0.385 e. The van der Waals surface area contributed by atoms with Crippen molar-refractivity contribution in [2.24, 2.45) is 5.92 Å². The number of ether oxygens (including phenoxy) is 3. The van der Waals surface area contributed by atoms with E-state index in [9.17, 15) is 4.79 Å². The van der Waals surface area contributed by atoms with Gasteiger partial charge in [-0.15, -0.1) is 0 Å². The van der Waals surface area contributed by atoms with Gasteiger partial charge in [-0.2, -0.15) is 0 Å². The second-order valence-corrected chi connectivity index (χ2v) is 6.35. The number of methoxy groups -OCH3 is 2. The van der Waals surface area contributed by atoms with Gasteiger partial charge in [0, 0.05) is 23.8 Å². The molecule has 0 bridgehead atoms. The lowest BCUT2D eigenvalue weighted by atomic mass is 10.1. The van der Waals surface area contributed by atoms with Crippen LogP contribution in [0.25, 0.3) is 0 Å². The molecule has 1 atom stereocenters. The van der Waals surface area contributed by atoms with Crippen molar-refractivity contribution in [1.29, 1.82) is 0 Å². The Morgan fingerprint density at radius 3 is 2.32 bits per heavy atom. The SMILES string of the molecule is COc1ccc(C#CC(=O)OC(C#CC(C)C)Cc2ccccc2)cc1OC. The van der Waals surface area contributed by atoms with E-state index >= 15 is 0 Å². The lowest BCUT2D eigenvalue weighted by molar-refractivity contribution is -0.139. The molecule has 0 aliphatic carbocycles. The van der Waals surface area contributed by atoms with Crippen LogP contribution in [0.1, 0.15) is 25.0 Å². The Kier molecular flexibility index (Phi) is 8.00. The van der Waals surface area contributed by atoms with Gasteiger partial charge in [-0.05, 0) is 23.8 Å². The molecule has 1 unspecified atom stereocenters. The molecule has 0 aliphatic rings. The number of carbonyl (C=O) groups is 1. The molecule has 0 heterocycles. The van der Waals surface area contributed by atoms with E-state index in [0.717, 1.165) is 5.56 Å². The van der Waals surface area contributed by atoms with Gasteiger partial charge in [-0.1, -0.05) is 61.9 Å². The van der Waals surface area contributed by atoms with Crippen LogP contribution >= 0.6 is 0 Å². The van der Waals surface area contributed by atoms with Crippen molar-refractivity contribution in [3.05, 3.63) is 59.7 Å². The predicted molar refractivity (Wildman–Crippen MR) is 109 cm³/mol. The Balaban J connectivity index is 2.11. The average Bonchev–Trinajstić information content (AvgIpc) is 2.71. The molecule has 2 rings (SSSR count). The summed E-state index contributed by atoms with van der Waals surface area (Å²) in [6.45, 7) is 3.98. The zero-order valence-corrected chi connectivity index (χ0v) is 16.6. The van der Waals surface area contributed by atoms with E-state index in [4.69, 9.17) is 14.2 Å². The van der Waals surface area contributed by atoms with E-state index in [-0.39, 0.29) is 5.92 Å². The van der Waals surface area contributed by atoms with Crippen molar-refractivity contribution >= 4 is 5.97 Å². The Morgan fingerprint density at radius 1 is 0.964 bits per heavy atom. The first-order chi connectivity index (χ1) is 13.5. The summed E-state index contributed by atoms with van der Waals surface area (Å²) in [5.41, 5.74) is 1.67. The number of benzene rings is 2. The van der Waals surface area contributed by atoms with Crippen LogP contribution in [0, 0.1) is 29.6 Å². The van der Waals surface area contributed by atoms with Gasteiger partial charge in [0.1, 0.15) is 0 Å². The summed E-state index contributed by atoms with van der Waals surface area (Å²) < 4.78 is 15.9. The maximum atomic E-state index is 12.2. The molecule has 0 saturated heterocycles. The normalized spacial score (nSPS) is 10.8. The highest BCUT2D eigenvalue weighted by Crippen LogP contribution is 2.27. The second kappa shape index (κ2) is 10.7. The number of hydrogen-bond acceptors (Lipinski definition) is 4. The Hall–Kier alpha value is -3.37. The summed E-state index contributed by atoms with van der Waals surface area (Å²) >= 11 is 0. The van der Waals surface area contributed by atoms with E-state index in [2.05, 4.69) is 23.7 Å². The average molecular weight is 376 g/mol. The Bertz CT molecular complexity index is 908. The third kappa shape index (κ3) is 6.74. The van der Waals surface area contributed by atoms with Gasteiger partial charge in [0.2, 0.25) is 0 Å². The van der Waals surface area contributed by atoms with Gasteiger partial charge in [0.05, 0.1) is 14.2 Å². The number of carbonyl (C=O) groups excluding carboxylic acids is 1. The molecule has 0 fully saturated rings. The third-order valence-corrected chi connectivity index (χ3v) is 3.74. The molecule has 4 heteroatoms. The summed E-state index contributed by atoms with van der Waals surface area (Å²) in [5.74, 6) is 12.1. The van der Waals surface area contributed by atoms with Gasteiger partial charge >= 0.3 is 5.97 Å². The molecule has 4 nitrogen and oxygen atoms in total. The quantitative estimate of drug-likeness (QED) is 0.587. The molecule has 0 N–H and O–H groups in total. The molecule has 0 aromatic heterocycles. The van der Waals surface area contributed by atoms with E-state index < -0.39 is 12.1 Å². The fourth-order valence-corrected chi connectivity index (χ4v) is 2.41. The molecule has 144 valence electrons. The van der Waals surface area contributed by atoms with E-state index in [1.165, 1.54) is 0 Å². The Morgan fingerprint density at radius 2 is 1.68 bits per heavy atom. The number of rotatable bonds is 5. The van der Waals surface area contributed by atoms with Crippen molar-refractivity contribution in [1.82, 2.24) is 0 Å². The zero-order chi connectivity index (χ0) is 20.4. The summed E-state index contributed by atoms with van der Waals surface area (Å²) in [4.78, 5) is 12.2. The zero-order valence-electron chi connectivity index (χ0n) is 16.6. The van der Waals surface area contributed by atoms with Crippen molar-refractivity contribution in [2.75, 3.05) is 14.2 Å². The molecule has 0 saturated carbocycles. The molecule has 2 aromatic rings. The minimum atomic E-state index is -0.617. The van der Waals surface area contributed by atoms with Gasteiger partial charge in [0.15, 0.2) is 17.6 Å². The molecule has 2 aromatic carbocycles. The van der Waals surface area contributed by atoms with Crippen molar-refractivity contribution in [2.45, 2.75) is 26.4 Å². The molecule has 0 aliphatic heterocycles. The molecule has 0 radical (unpaired) electrons. The number of esters is 1. The van der Waals surface area contributed by atoms with E-state index in [0.29, 0.717) is 23.5 Å². The van der Waals surface area contributed by atoms with Crippen molar-refractivity contribution in [3.8, 4) is 35.2 Å². The molecule has 28 heavy (non-hydrogen) atoms. The standard InChI is InChI=1S/C24H24O4/c1-18(2)10-13-21(16-19-8-6-5-7-9-19)28-24(25)15-12-20-11-14-22(26-3)23(17-20)27-4/h5-9,11,14,17-18,21H,16H2,1-4H3. The minimum absolute atomic E-state index is 0.190. The molecule has 0 amide bonds. The molecular formula is C24H24O4. The topological polar surface area (TPSA) is 44.8 Å². The first-order valence-electron chi connectivity index (χ1n) is 9.01. The molecule has 0 spiro atoms. The van der Waals surface area contributed by atoms with Crippen LogP contribution in [0.5, 0.6) is 11.5 Å². The highest BCUT2D eigenvalue weighted by atomic mass is 16.5. The van der Waals surface area contributed by atoms with Gasteiger partial charge in [-0.3, -0.25) is 0 Å². The minimum Gasteiger partial charge on any atom is -0.493 e. The van der Waals surface area contributed by atoms with Crippen LogP contribution in [0.2, 0.25) is 0 Å². The van der Waals surface area contributed by atoms with Gasteiger partial charge < -0.3 is 14.2 Å². The Labute approximate surface area is 166 Å². The van der Waals surface area contributed by atoms with Crippen LogP contribution in [0.4, 0.5) is 0 Å². The van der Waals surface area contributed by atoms with Crippen LogP contribution in [0.15, 0.2) is 48.5 Å². The predicted octanol–water partition coefficient (Wildman–Crippen LogP) is 3.87. The summed E-state index contributed by atoms with van der Waals surface area (Å²) in [7, 11) is 3.11. The summed E-state index contributed by atoms with van der Waals surface area (Å²) in [6.07, 6.45) is -0.0262. The number of hydrogen-bond donors (Lipinski definition) is 0. The van der Waals surface area contributed by atoms with Gasteiger partial charge in [0.25, 0.3) is 0 Å². The van der Waals surface area contributed by atoms with Crippen molar-refractivity contribution < 1.29 is 19.0 Å². The maximum Gasteiger partial charge on any atom is 0.385 e. The van der Waals surface area contributed by atoms with Crippen molar-refractivity contribution in [3.63, 3.8) is 0 Å². The fraction of sp³-hybridized carbons (Fsp3) is 0.292. The molecular weight excluding hydrogens is 352 g/mol. The van der Waals surface area contributed by atoms with Gasteiger partial charge in [-0.25, -0.2) is 4.79 Å². The van der Waals surface area contributed by atoms with Crippen LogP contribution in [-0.2, 0) is 16.0 Å². The lowest BCUT2D eigenvalue weighted by Gasteiger charge is -2.11. The maximum absolute atomic E-state index is 12.2. The first kappa shape index (κ1) is 20.9. The summed E-state index contributed by atoms with van der Waals surface area (Å²) in [6, 6.07) is 15.0. The largest absolute Gasteiger partial charge is 0.493 e. The lowest BCUT2D eigenvalue weighted by Crippen LogP contribution is -2.18. The highest BCUT2D eigenvalue weighted by Gasteiger charge is 2.11. The fourth-order valence-electron chi connectivity index (χ4n) is 2.41. The highest BCUT2D eigenvalue weighted by molar-refractivity contribution is 5.89. The third-order valence-electron chi connectivity index (χ3n) is 3.74. The van der Waals surface area contributed by atoms with Crippen LogP contribution in [0.3, 0.4) is 0 Å².